The summed E-state index contributed by atoms with van der Waals surface area (Å²) in [6.45, 7) is 6.38. The predicted molar refractivity (Wildman–Crippen MR) is 45.3 cm³/mol. The predicted octanol–water partition coefficient (Wildman–Crippen LogP) is 1.98. The first-order chi connectivity index (χ1) is 5.20. The molecule has 11 heavy (non-hydrogen) atoms. The van der Waals surface area contributed by atoms with E-state index in [4.69, 9.17) is 0 Å². The molecule has 0 saturated carbocycles. The fourth-order valence-electron chi connectivity index (χ4n) is 1.02. The van der Waals surface area contributed by atoms with E-state index in [1.807, 2.05) is 6.92 Å². The first-order valence-electron chi connectivity index (χ1n) is 3.96. The van der Waals surface area contributed by atoms with Crippen LogP contribution in [0.5, 0.6) is 0 Å². The zero-order chi connectivity index (χ0) is 8.27. The van der Waals surface area contributed by atoms with Crippen molar-refractivity contribution in [2.45, 2.75) is 27.2 Å². The zero-order valence-electron chi connectivity index (χ0n) is 7.33. The molecule has 60 valence electrons. The standard InChI is InChI=1S/C9H14N2/c1-7(2)6-9-8(3)10-4-5-11-9/h4-5,7H,6H2,1-3H3. The molecule has 1 aromatic rings. The van der Waals surface area contributed by atoms with Gasteiger partial charge in [0.1, 0.15) is 0 Å². The minimum Gasteiger partial charge on any atom is -0.258 e. The van der Waals surface area contributed by atoms with Crippen LogP contribution in [0.3, 0.4) is 0 Å². The smallest absolute Gasteiger partial charge is 0.0618 e. The van der Waals surface area contributed by atoms with E-state index in [9.17, 15) is 0 Å². The van der Waals surface area contributed by atoms with Crippen molar-refractivity contribution in [3.05, 3.63) is 23.8 Å². The van der Waals surface area contributed by atoms with Crippen LogP contribution in [0.15, 0.2) is 12.4 Å². The molecular formula is C9H14N2. The number of nitrogens with zero attached hydrogens (tertiary/aromatic N) is 2. The van der Waals surface area contributed by atoms with Gasteiger partial charge in [-0.25, -0.2) is 0 Å². The number of hydrogen-bond acceptors (Lipinski definition) is 2. The molecule has 0 aromatic carbocycles. The summed E-state index contributed by atoms with van der Waals surface area (Å²) in [7, 11) is 0. The van der Waals surface area contributed by atoms with Crippen LogP contribution in [0.4, 0.5) is 0 Å². The van der Waals surface area contributed by atoms with Crippen LogP contribution in [-0.4, -0.2) is 9.97 Å². The molecule has 2 heteroatoms. The summed E-state index contributed by atoms with van der Waals surface area (Å²) in [6, 6.07) is 0. The maximum absolute atomic E-state index is 4.26. The highest BCUT2D eigenvalue weighted by Gasteiger charge is 2.01. The molecule has 0 aliphatic rings. The number of aryl methyl sites for hydroxylation is 1. The Hall–Kier alpha value is -0.920. The minimum absolute atomic E-state index is 0.658. The van der Waals surface area contributed by atoms with E-state index in [1.54, 1.807) is 12.4 Å². The van der Waals surface area contributed by atoms with Gasteiger partial charge in [0.25, 0.3) is 0 Å². The highest BCUT2D eigenvalue weighted by molar-refractivity contribution is 5.08. The first-order valence-corrected chi connectivity index (χ1v) is 3.96. The molecule has 0 spiro atoms. The van der Waals surface area contributed by atoms with Gasteiger partial charge in [-0.2, -0.15) is 0 Å². The van der Waals surface area contributed by atoms with E-state index < -0.39 is 0 Å². The van der Waals surface area contributed by atoms with Gasteiger partial charge in [0.2, 0.25) is 0 Å². The Bertz CT molecular complexity index is 231. The Morgan fingerprint density at radius 2 is 1.91 bits per heavy atom. The summed E-state index contributed by atoms with van der Waals surface area (Å²) in [5.74, 6) is 0.658. The van der Waals surface area contributed by atoms with Crippen molar-refractivity contribution in [3.8, 4) is 0 Å². The summed E-state index contributed by atoms with van der Waals surface area (Å²) in [5.41, 5.74) is 2.18. The SMILES string of the molecule is Cc1nccnc1CC(C)C. The maximum atomic E-state index is 4.26. The van der Waals surface area contributed by atoms with E-state index in [2.05, 4.69) is 23.8 Å². The monoisotopic (exact) mass is 150 g/mol. The molecule has 0 N–H and O–H groups in total. The molecule has 2 nitrogen and oxygen atoms in total. The van der Waals surface area contributed by atoms with Gasteiger partial charge in [0, 0.05) is 12.4 Å². The van der Waals surface area contributed by atoms with Gasteiger partial charge in [-0.1, -0.05) is 13.8 Å². The molecule has 0 amide bonds. The lowest BCUT2D eigenvalue weighted by Gasteiger charge is -2.04. The topological polar surface area (TPSA) is 25.8 Å². The molecule has 1 aromatic heterocycles. The van der Waals surface area contributed by atoms with Crippen molar-refractivity contribution in [1.29, 1.82) is 0 Å². The number of aromatic nitrogens is 2. The molecule has 1 heterocycles. The van der Waals surface area contributed by atoms with E-state index >= 15 is 0 Å². The van der Waals surface area contributed by atoms with Gasteiger partial charge in [-0.3, -0.25) is 9.97 Å². The summed E-state index contributed by atoms with van der Waals surface area (Å²) < 4.78 is 0. The maximum Gasteiger partial charge on any atom is 0.0618 e. The molecule has 0 fully saturated rings. The number of hydrogen-bond donors (Lipinski definition) is 0. The normalized spacial score (nSPS) is 10.5. The van der Waals surface area contributed by atoms with Crippen LogP contribution in [0.25, 0.3) is 0 Å². The summed E-state index contributed by atoms with van der Waals surface area (Å²) in [6.07, 6.45) is 4.52. The van der Waals surface area contributed by atoms with Gasteiger partial charge in [0.05, 0.1) is 11.4 Å². The molecule has 0 bridgehead atoms. The number of rotatable bonds is 2. The quantitative estimate of drug-likeness (QED) is 0.644. The zero-order valence-corrected chi connectivity index (χ0v) is 7.33. The van der Waals surface area contributed by atoms with Crippen LogP contribution in [0.1, 0.15) is 25.2 Å². The van der Waals surface area contributed by atoms with Crippen LogP contribution >= 0.6 is 0 Å². The second-order valence-corrected chi connectivity index (χ2v) is 3.19. The molecule has 0 aliphatic heterocycles. The summed E-state index contributed by atoms with van der Waals surface area (Å²) in [5, 5.41) is 0. The Morgan fingerprint density at radius 1 is 1.27 bits per heavy atom. The van der Waals surface area contributed by atoms with E-state index in [0.29, 0.717) is 5.92 Å². The molecule has 0 atom stereocenters. The lowest BCUT2D eigenvalue weighted by molar-refractivity contribution is 0.629. The van der Waals surface area contributed by atoms with Crippen molar-refractivity contribution in [2.24, 2.45) is 5.92 Å². The molecule has 1 rings (SSSR count). The largest absolute Gasteiger partial charge is 0.258 e. The van der Waals surface area contributed by atoms with Gasteiger partial charge in [-0.05, 0) is 19.3 Å². The summed E-state index contributed by atoms with van der Waals surface area (Å²) in [4.78, 5) is 8.43. The van der Waals surface area contributed by atoms with Gasteiger partial charge in [0.15, 0.2) is 0 Å². The first kappa shape index (κ1) is 8.18. The Kier molecular flexibility index (Phi) is 2.58. The molecule has 0 radical (unpaired) electrons. The molecule has 0 saturated heterocycles. The van der Waals surface area contributed by atoms with Gasteiger partial charge < -0.3 is 0 Å². The average molecular weight is 150 g/mol. The minimum atomic E-state index is 0.658. The van der Waals surface area contributed by atoms with Crippen molar-refractivity contribution in [3.63, 3.8) is 0 Å². The fourth-order valence-corrected chi connectivity index (χ4v) is 1.02. The third-order valence-electron chi connectivity index (χ3n) is 1.58. The molecular weight excluding hydrogens is 136 g/mol. The third-order valence-corrected chi connectivity index (χ3v) is 1.58. The summed E-state index contributed by atoms with van der Waals surface area (Å²) >= 11 is 0. The third kappa shape index (κ3) is 2.30. The van der Waals surface area contributed by atoms with Crippen LogP contribution in [-0.2, 0) is 6.42 Å². The lowest BCUT2D eigenvalue weighted by atomic mass is 10.1. The van der Waals surface area contributed by atoms with Gasteiger partial charge in [-0.15, -0.1) is 0 Å². The van der Waals surface area contributed by atoms with Gasteiger partial charge >= 0.3 is 0 Å². The second kappa shape index (κ2) is 3.46. The van der Waals surface area contributed by atoms with Crippen LogP contribution in [0.2, 0.25) is 0 Å². The van der Waals surface area contributed by atoms with Crippen LogP contribution < -0.4 is 0 Å². The van der Waals surface area contributed by atoms with E-state index in [-0.39, 0.29) is 0 Å². The van der Waals surface area contributed by atoms with Crippen molar-refractivity contribution < 1.29 is 0 Å². The van der Waals surface area contributed by atoms with Crippen molar-refractivity contribution in [1.82, 2.24) is 9.97 Å². The van der Waals surface area contributed by atoms with E-state index in [0.717, 1.165) is 17.8 Å². The average Bonchev–Trinajstić information content (AvgIpc) is 1.93. The van der Waals surface area contributed by atoms with Crippen molar-refractivity contribution >= 4 is 0 Å². The van der Waals surface area contributed by atoms with Crippen LogP contribution in [0, 0.1) is 12.8 Å². The fraction of sp³-hybridized carbons (Fsp3) is 0.556. The lowest BCUT2D eigenvalue weighted by Crippen LogP contribution is -2.00. The Labute approximate surface area is 67.7 Å². The second-order valence-electron chi connectivity index (χ2n) is 3.19. The highest BCUT2D eigenvalue weighted by atomic mass is 14.8. The molecule has 0 unspecified atom stereocenters. The van der Waals surface area contributed by atoms with E-state index in [1.165, 1.54) is 0 Å². The Balaban J connectivity index is 2.78. The Morgan fingerprint density at radius 3 is 2.45 bits per heavy atom. The highest BCUT2D eigenvalue weighted by Crippen LogP contribution is 2.06. The molecule has 0 aliphatic carbocycles. The van der Waals surface area contributed by atoms with Crippen molar-refractivity contribution in [2.75, 3.05) is 0 Å².